The van der Waals surface area contributed by atoms with Gasteiger partial charge in [-0.15, -0.1) is 0 Å². The molecule has 2 heterocycles. The van der Waals surface area contributed by atoms with E-state index in [1.807, 2.05) is 19.1 Å². The molecule has 4 rings (SSSR count). The van der Waals surface area contributed by atoms with Gasteiger partial charge in [-0.25, -0.2) is 0 Å². The number of ether oxygens (including phenoxy) is 1. The first-order chi connectivity index (χ1) is 14.0. The standard InChI is InChI=1S/C23H22NOS.C2H7N/c1-4-24-15-22(18-8-5-16(2)6-9-18)26-23(24)14-20-11-10-19-13-17(3)7-12-21(19)25-20;1-2-3/h5-15H,4H2,1-3H3;2-3H2,1H3/q+1;/b20-14+;. The SMILES string of the molecule is CCN.CC[n+]1cc(-c2ccc(C)cc2)sc1/C=C1\C=Cc2cc(C)ccc2O1. The van der Waals surface area contributed by atoms with Crippen molar-refractivity contribution in [1.29, 1.82) is 0 Å². The van der Waals surface area contributed by atoms with Crippen molar-refractivity contribution in [2.75, 3.05) is 6.54 Å². The monoisotopic (exact) mass is 405 g/mol. The maximum Gasteiger partial charge on any atom is 0.266 e. The lowest BCUT2D eigenvalue weighted by atomic mass is 10.1. The molecule has 3 nitrogen and oxygen atoms in total. The van der Waals surface area contributed by atoms with Crippen molar-refractivity contribution in [3.8, 4) is 16.2 Å². The number of thiazole rings is 1. The number of nitrogens with two attached hydrogens (primary N) is 1. The predicted molar refractivity (Wildman–Crippen MR) is 124 cm³/mol. The molecule has 3 aromatic rings. The molecule has 0 aliphatic carbocycles. The second-order valence-corrected chi connectivity index (χ2v) is 8.08. The molecule has 0 atom stereocenters. The molecule has 29 heavy (non-hydrogen) atoms. The maximum atomic E-state index is 6.09. The highest BCUT2D eigenvalue weighted by Gasteiger charge is 2.17. The Balaban J connectivity index is 0.000000755. The number of benzene rings is 2. The molecule has 2 aromatic carbocycles. The predicted octanol–water partition coefficient (Wildman–Crippen LogP) is 5.75. The lowest BCUT2D eigenvalue weighted by Gasteiger charge is -2.14. The summed E-state index contributed by atoms with van der Waals surface area (Å²) in [5.41, 5.74) is 9.77. The summed E-state index contributed by atoms with van der Waals surface area (Å²) >= 11 is 1.79. The summed E-state index contributed by atoms with van der Waals surface area (Å²) in [6.07, 6.45) is 8.53. The van der Waals surface area contributed by atoms with Gasteiger partial charge in [-0.1, -0.05) is 59.7 Å². The van der Waals surface area contributed by atoms with E-state index in [0.717, 1.165) is 30.2 Å². The molecule has 0 unspecified atom stereocenters. The molecule has 150 valence electrons. The number of aryl methyl sites for hydroxylation is 3. The average molecular weight is 406 g/mol. The number of fused-ring (bicyclic) bond motifs is 1. The van der Waals surface area contributed by atoms with Crippen molar-refractivity contribution < 1.29 is 9.30 Å². The van der Waals surface area contributed by atoms with Gasteiger partial charge in [-0.05, 0) is 57.2 Å². The van der Waals surface area contributed by atoms with Crippen molar-refractivity contribution in [2.24, 2.45) is 5.73 Å². The first-order valence-corrected chi connectivity index (χ1v) is 10.8. The average Bonchev–Trinajstić information content (AvgIpc) is 3.12. The van der Waals surface area contributed by atoms with Crippen molar-refractivity contribution in [3.05, 3.63) is 82.2 Å². The van der Waals surface area contributed by atoms with Gasteiger partial charge in [-0.3, -0.25) is 0 Å². The smallest absolute Gasteiger partial charge is 0.266 e. The van der Waals surface area contributed by atoms with Crippen LogP contribution >= 0.6 is 11.3 Å². The van der Waals surface area contributed by atoms with Crippen LogP contribution in [-0.2, 0) is 6.54 Å². The minimum absolute atomic E-state index is 0.750. The molecular weight excluding hydrogens is 376 g/mol. The van der Waals surface area contributed by atoms with Crippen LogP contribution in [0.3, 0.4) is 0 Å². The van der Waals surface area contributed by atoms with Crippen molar-refractivity contribution >= 4 is 23.5 Å². The first-order valence-electron chi connectivity index (χ1n) is 10.0. The van der Waals surface area contributed by atoms with Crippen molar-refractivity contribution in [1.82, 2.24) is 0 Å². The molecular formula is C25H29N2OS+. The number of hydrogen-bond donors (Lipinski definition) is 1. The lowest BCUT2D eigenvalue weighted by Crippen LogP contribution is -2.32. The van der Waals surface area contributed by atoms with Gasteiger partial charge in [0.2, 0.25) is 0 Å². The zero-order chi connectivity index (χ0) is 20.8. The Morgan fingerprint density at radius 1 is 1.00 bits per heavy atom. The van der Waals surface area contributed by atoms with Crippen LogP contribution in [0.15, 0.2) is 60.5 Å². The summed E-state index contributed by atoms with van der Waals surface area (Å²) < 4.78 is 8.36. The number of aromatic nitrogens is 1. The normalized spacial score (nSPS) is 13.5. The van der Waals surface area contributed by atoms with E-state index >= 15 is 0 Å². The van der Waals surface area contributed by atoms with Gasteiger partial charge < -0.3 is 10.5 Å². The van der Waals surface area contributed by atoms with Crippen molar-refractivity contribution in [2.45, 2.75) is 34.2 Å². The van der Waals surface area contributed by atoms with Gasteiger partial charge in [0.05, 0.1) is 6.08 Å². The van der Waals surface area contributed by atoms with Gasteiger partial charge in [0.25, 0.3) is 5.01 Å². The van der Waals surface area contributed by atoms with E-state index in [9.17, 15) is 0 Å². The summed E-state index contributed by atoms with van der Waals surface area (Å²) in [5.74, 6) is 1.79. The van der Waals surface area contributed by atoms with Gasteiger partial charge in [0.15, 0.2) is 6.20 Å². The third-order valence-electron chi connectivity index (χ3n) is 4.53. The van der Waals surface area contributed by atoms with Gasteiger partial charge in [-0.2, -0.15) is 4.57 Å². The Bertz CT molecular complexity index is 1030. The Morgan fingerprint density at radius 3 is 2.38 bits per heavy atom. The fourth-order valence-corrected chi connectivity index (χ4v) is 4.17. The molecule has 2 N–H and O–H groups in total. The highest BCUT2D eigenvalue weighted by molar-refractivity contribution is 7.15. The fraction of sp³-hybridized carbons (Fsp3) is 0.240. The Morgan fingerprint density at radius 2 is 1.69 bits per heavy atom. The second kappa shape index (κ2) is 9.68. The van der Waals surface area contributed by atoms with Crippen LogP contribution in [-0.4, -0.2) is 6.54 Å². The maximum absolute atomic E-state index is 6.09. The molecule has 0 saturated carbocycles. The van der Waals surface area contributed by atoms with Crippen molar-refractivity contribution in [3.63, 3.8) is 0 Å². The number of allylic oxidation sites excluding steroid dienone is 1. The number of hydrogen-bond acceptors (Lipinski definition) is 3. The van der Waals surface area contributed by atoms with E-state index in [-0.39, 0.29) is 0 Å². The molecule has 0 saturated heterocycles. The Labute approximate surface area is 177 Å². The highest BCUT2D eigenvalue weighted by atomic mass is 32.1. The highest BCUT2D eigenvalue weighted by Crippen LogP contribution is 2.31. The van der Waals surface area contributed by atoms with E-state index in [2.05, 4.69) is 80.1 Å². The molecule has 0 spiro atoms. The summed E-state index contributed by atoms with van der Waals surface area (Å²) in [7, 11) is 0. The zero-order valence-electron chi connectivity index (χ0n) is 17.6. The lowest BCUT2D eigenvalue weighted by molar-refractivity contribution is -0.690. The largest absolute Gasteiger partial charge is 0.456 e. The minimum atomic E-state index is 0.750. The Hall–Kier alpha value is -2.69. The third-order valence-corrected chi connectivity index (χ3v) is 5.66. The molecule has 1 aliphatic rings. The van der Waals surface area contributed by atoms with E-state index < -0.39 is 0 Å². The van der Waals surface area contributed by atoms with Crippen LogP contribution in [0.5, 0.6) is 5.75 Å². The van der Waals surface area contributed by atoms with Crippen LogP contribution in [0, 0.1) is 13.8 Å². The molecule has 1 aliphatic heterocycles. The summed E-state index contributed by atoms with van der Waals surface area (Å²) in [5, 5.41) is 1.19. The fourth-order valence-electron chi connectivity index (χ4n) is 3.04. The first kappa shape index (κ1) is 21.0. The van der Waals surface area contributed by atoms with Crippen LogP contribution in [0.2, 0.25) is 0 Å². The quantitative estimate of drug-likeness (QED) is 0.564. The summed E-state index contributed by atoms with van der Waals surface area (Å²) in [6, 6.07) is 15.0. The van der Waals surface area contributed by atoms with Gasteiger partial charge in [0.1, 0.15) is 22.9 Å². The minimum Gasteiger partial charge on any atom is -0.456 e. The van der Waals surface area contributed by atoms with Gasteiger partial charge in [0, 0.05) is 5.56 Å². The number of nitrogens with zero attached hydrogens (tertiary/aromatic N) is 1. The van der Waals surface area contributed by atoms with Gasteiger partial charge >= 0.3 is 0 Å². The zero-order valence-corrected chi connectivity index (χ0v) is 18.4. The topological polar surface area (TPSA) is 39.1 Å². The van der Waals surface area contributed by atoms with E-state index in [0.29, 0.717) is 0 Å². The van der Waals surface area contributed by atoms with Crippen LogP contribution < -0.4 is 15.0 Å². The molecule has 0 amide bonds. The molecule has 1 aromatic heterocycles. The summed E-state index contributed by atoms with van der Waals surface area (Å²) in [4.78, 5) is 1.27. The molecule has 0 fully saturated rings. The number of rotatable bonds is 3. The van der Waals surface area contributed by atoms with E-state index in [4.69, 9.17) is 10.5 Å². The molecule has 4 heteroatoms. The van der Waals surface area contributed by atoms with Crippen LogP contribution in [0.25, 0.3) is 22.6 Å². The van der Waals surface area contributed by atoms with E-state index in [1.165, 1.54) is 26.6 Å². The summed E-state index contributed by atoms with van der Waals surface area (Å²) in [6.45, 7) is 9.97. The Kier molecular flexibility index (Phi) is 7.02. The van der Waals surface area contributed by atoms with Crippen LogP contribution in [0.1, 0.15) is 35.5 Å². The molecule has 0 radical (unpaired) electrons. The van der Waals surface area contributed by atoms with Crippen LogP contribution in [0.4, 0.5) is 0 Å². The third kappa shape index (κ3) is 5.22. The van der Waals surface area contributed by atoms with E-state index in [1.54, 1.807) is 11.3 Å². The second-order valence-electron chi connectivity index (χ2n) is 7.02. The molecule has 0 bridgehead atoms.